The summed E-state index contributed by atoms with van der Waals surface area (Å²) < 4.78 is 54.4. The summed E-state index contributed by atoms with van der Waals surface area (Å²) in [5.74, 6) is -4.45. The number of hydrogen-bond donors (Lipinski definition) is 1. The average Bonchev–Trinajstić information content (AvgIpc) is 2.77. The molecule has 1 N–H and O–H groups in total. The van der Waals surface area contributed by atoms with Crippen LogP contribution < -0.4 is 5.32 Å². The summed E-state index contributed by atoms with van der Waals surface area (Å²) in [4.78, 5) is 39.0. The third-order valence-electron chi connectivity index (χ3n) is 6.05. The summed E-state index contributed by atoms with van der Waals surface area (Å²) in [5.41, 5.74) is 0.613. The van der Waals surface area contributed by atoms with Crippen LogP contribution in [-0.2, 0) is 34.8 Å². The number of carbonyl (C=O) groups is 3. The molecule has 2 aliphatic rings. The number of halogens is 3. The van der Waals surface area contributed by atoms with E-state index in [0.29, 0.717) is 23.4 Å². The quantitative estimate of drug-likeness (QED) is 0.378. The van der Waals surface area contributed by atoms with Crippen molar-refractivity contribution in [3.63, 3.8) is 0 Å². The normalized spacial score (nSPS) is 22.8. The van der Waals surface area contributed by atoms with Gasteiger partial charge in [0.2, 0.25) is 0 Å². The second-order valence-electron chi connectivity index (χ2n) is 8.28. The Bertz CT molecular complexity index is 1040. The zero-order chi connectivity index (χ0) is 25.2. The lowest BCUT2D eigenvalue weighted by Gasteiger charge is -2.38. The topological polar surface area (TPSA) is 90.9 Å². The number of ether oxygens (including phenoxy) is 3. The number of hydrogen-bond acceptors (Lipinski definition) is 7. The Morgan fingerprint density at radius 1 is 1.12 bits per heavy atom. The Kier molecular flexibility index (Phi) is 7.50. The van der Waals surface area contributed by atoms with Crippen LogP contribution in [0.15, 0.2) is 46.8 Å². The average molecular weight is 481 g/mol. The Morgan fingerprint density at radius 2 is 1.76 bits per heavy atom. The maximum Gasteiger partial charge on any atom is 0.416 e. The zero-order valence-corrected chi connectivity index (χ0v) is 19.2. The molecule has 0 fully saturated rings. The molecule has 0 saturated heterocycles. The lowest BCUT2D eigenvalue weighted by Crippen LogP contribution is -2.43. The van der Waals surface area contributed by atoms with E-state index in [-0.39, 0.29) is 30.3 Å². The van der Waals surface area contributed by atoms with E-state index < -0.39 is 41.3 Å². The van der Waals surface area contributed by atoms with Crippen molar-refractivity contribution in [2.75, 3.05) is 27.4 Å². The molecule has 0 saturated carbocycles. The smallest absolute Gasteiger partial charge is 0.416 e. The minimum Gasteiger partial charge on any atom is -0.468 e. The monoisotopic (exact) mass is 481 g/mol. The van der Waals surface area contributed by atoms with Crippen molar-refractivity contribution in [2.45, 2.75) is 32.4 Å². The summed E-state index contributed by atoms with van der Waals surface area (Å²) >= 11 is 0. The van der Waals surface area contributed by atoms with Crippen LogP contribution in [-0.4, -0.2) is 45.2 Å². The van der Waals surface area contributed by atoms with Gasteiger partial charge >= 0.3 is 18.1 Å². The SMILES string of the molecule is COCCOC(=O)C1=C(C)NC2=C(C(=O)[C@H](C(=O)OC)[C@@H](C)C2)[C@@H]1c1ccc(C(F)(F)F)cc1. The number of methoxy groups -OCH3 is 2. The van der Waals surface area contributed by atoms with E-state index in [1.165, 1.54) is 26.4 Å². The summed E-state index contributed by atoms with van der Waals surface area (Å²) in [6.07, 6.45) is -4.22. The number of esters is 2. The molecule has 1 aliphatic carbocycles. The Hall–Kier alpha value is -3.14. The second kappa shape index (κ2) is 10.0. The second-order valence-corrected chi connectivity index (χ2v) is 8.28. The Morgan fingerprint density at radius 3 is 2.32 bits per heavy atom. The molecule has 0 spiro atoms. The molecule has 0 unspecified atom stereocenters. The van der Waals surface area contributed by atoms with Crippen molar-refractivity contribution in [1.29, 1.82) is 0 Å². The highest BCUT2D eigenvalue weighted by Gasteiger charge is 2.47. The number of carbonyl (C=O) groups excluding carboxylic acids is 3. The van der Waals surface area contributed by atoms with Crippen LogP contribution in [0.3, 0.4) is 0 Å². The highest BCUT2D eigenvalue weighted by atomic mass is 19.4. The van der Waals surface area contributed by atoms with E-state index in [1.54, 1.807) is 13.8 Å². The van der Waals surface area contributed by atoms with Crippen molar-refractivity contribution < 1.29 is 41.8 Å². The van der Waals surface area contributed by atoms with Gasteiger partial charge in [-0.15, -0.1) is 0 Å². The van der Waals surface area contributed by atoms with Crippen LogP contribution in [0.1, 0.15) is 37.3 Å². The highest BCUT2D eigenvalue weighted by Crippen LogP contribution is 2.45. The van der Waals surface area contributed by atoms with Gasteiger partial charge in [-0.3, -0.25) is 9.59 Å². The molecular weight excluding hydrogens is 455 g/mol. The van der Waals surface area contributed by atoms with E-state index in [2.05, 4.69) is 5.32 Å². The van der Waals surface area contributed by atoms with Crippen LogP contribution >= 0.6 is 0 Å². The van der Waals surface area contributed by atoms with E-state index >= 15 is 0 Å². The van der Waals surface area contributed by atoms with Crippen molar-refractivity contribution in [1.82, 2.24) is 5.32 Å². The molecule has 0 bridgehead atoms. The number of nitrogens with one attached hydrogen (secondary N) is 1. The number of dihydropyridines is 1. The van der Waals surface area contributed by atoms with Gasteiger partial charge in [-0.25, -0.2) is 4.79 Å². The van der Waals surface area contributed by atoms with Crippen molar-refractivity contribution in [2.24, 2.45) is 11.8 Å². The first-order chi connectivity index (χ1) is 16.0. The van der Waals surface area contributed by atoms with Crippen LogP contribution in [0.25, 0.3) is 0 Å². The van der Waals surface area contributed by atoms with Crippen LogP contribution in [0.2, 0.25) is 0 Å². The third-order valence-corrected chi connectivity index (χ3v) is 6.05. The number of Topliss-reactive ketones (excluding diaryl/α,β-unsaturated/α-hetero) is 1. The number of allylic oxidation sites excluding steroid dienone is 3. The lowest BCUT2D eigenvalue weighted by atomic mass is 9.69. The molecular formula is C24H26F3NO6. The fraction of sp³-hybridized carbons (Fsp3) is 0.458. The highest BCUT2D eigenvalue weighted by molar-refractivity contribution is 6.12. The van der Waals surface area contributed by atoms with Gasteiger partial charge in [0.05, 0.1) is 24.9 Å². The van der Waals surface area contributed by atoms with Crippen molar-refractivity contribution in [3.05, 3.63) is 57.9 Å². The molecule has 1 aromatic rings. The zero-order valence-electron chi connectivity index (χ0n) is 19.2. The molecule has 3 rings (SSSR count). The summed E-state index contributed by atoms with van der Waals surface area (Å²) in [5, 5.41) is 3.09. The fourth-order valence-corrected chi connectivity index (χ4v) is 4.44. The number of ketones is 1. The van der Waals surface area contributed by atoms with E-state index in [4.69, 9.17) is 14.2 Å². The van der Waals surface area contributed by atoms with Gasteiger partial charge in [-0.05, 0) is 37.0 Å². The molecule has 34 heavy (non-hydrogen) atoms. The predicted octanol–water partition coefficient (Wildman–Crippen LogP) is 3.51. The lowest BCUT2D eigenvalue weighted by molar-refractivity contribution is -0.151. The van der Waals surface area contributed by atoms with Crippen LogP contribution in [0.5, 0.6) is 0 Å². The van der Waals surface area contributed by atoms with Crippen LogP contribution in [0.4, 0.5) is 13.2 Å². The van der Waals surface area contributed by atoms with E-state index in [0.717, 1.165) is 12.1 Å². The first-order valence-corrected chi connectivity index (χ1v) is 10.7. The maximum absolute atomic E-state index is 13.5. The van der Waals surface area contributed by atoms with Gasteiger partial charge in [0, 0.05) is 30.0 Å². The minimum absolute atomic E-state index is 0.0481. The number of benzene rings is 1. The van der Waals surface area contributed by atoms with Crippen molar-refractivity contribution >= 4 is 17.7 Å². The Labute approximate surface area is 194 Å². The van der Waals surface area contributed by atoms with E-state index in [9.17, 15) is 27.6 Å². The molecule has 184 valence electrons. The summed E-state index contributed by atoms with van der Waals surface area (Å²) in [7, 11) is 2.62. The van der Waals surface area contributed by atoms with Gasteiger partial charge in [0.15, 0.2) is 5.78 Å². The molecule has 1 heterocycles. The first-order valence-electron chi connectivity index (χ1n) is 10.7. The molecule has 1 aliphatic heterocycles. The van der Waals surface area contributed by atoms with Gasteiger partial charge in [0.25, 0.3) is 0 Å². The molecule has 0 amide bonds. The molecule has 0 aromatic heterocycles. The van der Waals surface area contributed by atoms with E-state index in [1.807, 2.05) is 0 Å². The van der Waals surface area contributed by atoms with Gasteiger partial charge in [-0.2, -0.15) is 13.2 Å². The first kappa shape index (κ1) is 25.5. The predicted molar refractivity (Wildman–Crippen MR) is 114 cm³/mol. The largest absolute Gasteiger partial charge is 0.468 e. The van der Waals surface area contributed by atoms with Gasteiger partial charge in [0.1, 0.15) is 12.5 Å². The molecule has 1 aromatic carbocycles. The fourth-order valence-electron chi connectivity index (χ4n) is 4.44. The van der Waals surface area contributed by atoms with Gasteiger partial charge < -0.3 is 19.5 Å². The summed E-state index contributed by atoms with van der Waals surface area (Å²) in [6, 6.07) is 4.26. The number of rotatable bonds is 6. The standard InChI is InChI=1S/C24H26F3NO6/c1-12-11-16-20(21(29)17(12)22(30)33-4)19(14-5-7-15(8-6-14)24(25,26)27)18(13(2)28-16)23(31)34-10-9-32-3/h5-8,12,17,19,28H,9-11H2,1-4H3/t12-,17+,19+/m0/s1. The maximum atomic E-state index is 13.5. The number of alkyl halides is 3. The molecule has 10 heteroatoms. The molecule has 7 nitrogen and oxygen atoms in total. The van der Waals surface area contributed by atoms with Gasteiger partial charge in [-0.1, -0.05) is 19.1 Å². The molecule has 3 atom stereocenters. The van der Waals surface area contributed by atoms with Crippen molar-refractivity contribution in [3.8, 4) is 0 Å². The third kappa shape index (κ3) is 4.86. The van der Waals surface area contributed by atoms with Crippen LogP contribution in [0, 0.1) is 11.8 Å². The molecule has 0 radical (unpaired) electrons. The minimum atomic E-state index is -4.54. The Balaban J connectivity index is 2.13. The summed E-state index contributed by atoms with van der Waals surface area (Å²) in [6.45, 7) is 3.47.